The number of halogens is 1. The Morgan fingerprint density at radius 3 is 2.64 bits per heavy atom. The first kappa shape index (κ1) is 13.1. The Morgan fingerprint density at radius 1 is 1.09 bits per heavy atom. The highest BCUT2D eigenvalue weighted by molar-refractivity contribution is 6.32. The summed E-state index contributed by atoms with van der Waals surface area (Å²) in [6.07, 6.45) is 0. The second-order valence-electron chi connectivity index (χ2n) is 5.17. The summed E-state index contributed by atoms with van der Waals surface area (Å²) < 4.78 is 1.75. The molecule has 2 aromatic heterocycles. The molecule has 0 bridgehead atoms. The number of para-hydroxylation sites is 2. The van der Waals surface area contributed by atoms with Crippen LogP contribution in [-0.4, -0.2) is 14.8 Å². The topological polar surface area (TPSA) is 50.7 Å². The number of fused-ring (bicyclic) bond motifs is 3. The van der Waals surface area contributed by atoms with Gasteiger partial charge in [-0.15, -0.1) is 0 Å². The molecule has 0 amide bonds. The molecule has 0 saturated heterocycles. The van der Waals surface area contributed by atoms with E-state index in [-0.39, 0.29) is 5.56 Å². The van der Waals surface area contributed by atoms with Crippen molar-refractivity contribution in [2.45, 2.75) is 6.92 Å². The van der Waals surface area contributed by atoms with E-state index in [0.29, 0.717) is 16.1 Å². The van der Waals surface area contributed by atoms with Gasteiger partial charge in [0.05, 0.1) is 32.8 Å². The monoisotopic (exact) mass is 309 g/mol. The third-order valence-corrected chi connectivity index (χ3v) is 4.12. The van der Waals surface area contributed by atoms with Crippen LogP contribution in [0.3, 0.4) is 0 Å². The van der Waals surface area contributed by atoms with Crippen LogP contribution in [-0.2, 0) is 0 Å². The minimum Gasteiger partial charge on any atom is -0.321 e. The van der Waals surface area contributed by atoms with Crippen LogP contribution >= 0.6 is 11.6 Å². The molecule has 0 aliphatic carbocycles. The predicted molar refractivity (Wildman–Crippen MR) is 88.9 cm³/mol. The van der Waals surface area contributed by atoms with Gasteiger partial charge >= 0.3 is 0 Å². The minimum atomic E-state index is -0.135. The zero-order chi connectivity index (χ0) is 15.3. The number of hydrogen-bond acceptors (Lipinski definition) is 2. The summed E-state index contributed by atoms with van der Waals surface area (Å²) in [5.74, 6) is 0. The highest BCUT2D eigenvalue weighted by atomic mass is 35.5. The first-order chi connectivity index (χ1) is 10.7. The van der Waals surface area contributed by atoms with Crippen LogP contribution in [0.2, 0.25) is 5.02 Å². The van der Waals surface area contributed by atoms with Gasteiger partial charge in [0.2, 0.25) is 0 Å². The van der Waals surface area contributed by atoms with Crippen molar-refractivity contribution < 1.29 is 0 Å². The molecule has 4 rings (SSSR count). The Balaban J connectivity index is 2.26. The van der Waals surface area contributed by atoms with Crippen molar-refractivity contribution in [3.8, 4) is 5.69 Å². The van der Waals surface area contributed by atoms with Gasteiger partial charge in [0, 0.05) is 5.39 Å². The third-order valence-electron chi connectivity index (χ3n) is 3.80. The van der Waals surface area contributed by atoms with Crippen LogP contribution < -0.4 is 5.56 Å². The zero-order valence-corrected chi connectivity index (χ0v) is 12.6. The maximum absolute atomic E-state index is 12.4. The minimum absolute atomic E-state index is 0.135. The summed E-state index contributed by atoms with van der Waals surface area (Å²) in [5.41, 5.74) is 2.88. The fraction of sp³-hybridized carbons (Fsp3) is 0.0588. The molecule has 0 unspecified atom stereocenters. The van der Waals surface area contributed by atoms with E-state index in [9.17, 15) is 4.79 Å². The molecule has 4 nitrogen and oxygen atoms in total. The van der Waals surface area contributed by atoms with Gasteiger partial charge in [-0.2, -0.15) is 5.10 Å². The lowest BCUT2D eigenvalue weighted by atomic mass is 10.1. The van der Waals surface area contributed by atoms with Crippen LogP contribution in [0.15, 0.2) is 53.3 Å². The molecule has 2 heterocycles. The average molecular weight is 310 g/mol. The molecule has 4 aromatic rings. The normalized spacial score (nSPS) is 11.4. The number of rotatable bonds is 1. The molecule has 22 heavy (non-hydrogen) atoms. The van der Waals surface area contributed by atoms with E-state index in [1.165, 1.54) is 0 Å². The van der Waals surface area contributed by atoms with Crippen LogP contribution in [0.1, 0.15) is 5.69 Å². The molecule has 0 fully saturated rings. The third kappa shape index (κ3) is 1.77. The molecule has 0 aliphatic rings. The van der Waals surface area contributed by atoms with Gasteiger partial charge < -0.3 is 4.98 Å². The lowest BCUT2D eigenvalue weighted by molar-refractivity contribution is 0.891. The van der Waals surface area contributed by atoms with E-state index in [4.69, 9.17) is 11.6 Å². The number of pyridine rings is 1. The Bertz CT molecular complexity index is 1080. The lowest BCUT2D eigenvalue weighted by Gasteiger charge is -2.07. The summed E-state index contributed by atoms with van der Waals surface area (Å²) in [5, 5.41) is 6.68. The van der Waals surface area contributed by atoms with Crippen molar-refractivity contribution >= 4 is 33.4 Å². The second-order valence-corrected chi connectivity index (χ2v) is 5.58. The number of hydrogen-bond donors (Lipinski definition) is 1. The average Bonchev–Trinajstić information content (AvgIpc) is 2.86. The molecule has 5 heteroatoms. The zero-order valence-electron chi connectivity index (χ0n) is 11.8. The van der Waals surface area contributed by atoms with Crippen LogP contribution in [0.5, 0.6) is 0 Å². The fourth-order valence-corrected chi connectivity index (χ4v) is 3.04. The van der Waals surface area contributed by atoms with Gasteiger partial charge in [0.15, 0.2) is 0 Å². The summed E-state index contributed by atoms with van der Waals surface area (Å²) >= 11 is 6.31. The van der Waals surface area contributed by atoms with E-state index in [1.54, 1.807) is 4.68 Å². The summed E-state index contributed by atoms with van der Waals surface area (Å²) in [6.45, 7) is 1.83. The lowest BCUT2D eigenvalue weighted by Crippen LogP contribution is -2.07. The molecule has 108 valence electrons. The Kier molecular flexibility index (Phi) is 2.81. The number of aromatic amines is 1. The summed E-state index contributed by atoms with van der Waals surface area (Å²) in [6, 6.07) is 15.2. The summed E-state index contributed by atoms with van der Waals surface area (Å²) in [4.78, 5) is 15.3. The number of nitrogens with zero attached hydrogens (tertiary/aromatic N) is 2. The molecule has 0 atom stereocenters. The van der Waals surface area contributed by atoms with E-state index < -0.39 is 0 Å². The number of nitrogens with one attached hydrogen (secondary N) is 1. The van der Waals surface area contributed by atoms with Gasteiger partial charge in [0.25, 0.3) is 5.56 Å². The van der Waals surface area contributed by atoms with Gasteiger partial charge in [-0.25, -0.2) is 4.68 Å². The number of aryl methyl sites for hydroxylation is 1. The molecule has 0 aliphatic heterocycles. The maximum Gasteiger partial charge on any atom is 0.259 e. The van der Waals surface area contributed by atoms with Gasteiger partial charge in [-0.05, 0) is 25.1 Å². The van der Waals surface area contributed by atoms with Gasteiger partial charge in [0.1, 0.15) is 0 Å². The maximum atomic E-state index is 12.4. The molecule has 1 N–H and O–H groups in total. The molecular weight excluding hydrogens is 298 g/mol. The largest absolute Gasteiger partial charge is 0.321 e. The van der Waals surface area contributed by atoms with Crippen molar-refractivity contribution in [3.63, 3.8) is 0 Å². The Hall–Kier alpha value is -2.59. The van der Waals surface area contributed by atoms with E-state index in [2.05, 4.69) is 10.1 Å². The Labute approximate surface area is 131 Å². The molecule has 0 spiro atoms. The molecular formula is C17H12ClN3O. The Morgan fingerprint density at radius 2 is 1.82 bits per heavy atom. The van der Waals surface area contributed by atoms with Crippen molar-refractivity contribution in [2.24, 2.45) is 0 Å². The second kappa shape index (κ2) is 4.71. The van der Waals surface area contributed by atoms with Gasteiger partial charge in [-0.3, -0.25) is 4.79 Å². The van der Waals surface area contributed by atoms with Crippen LogP contribution in [0, 0.1) is 6.92 Å². The highest BCUT2D eigenvalue weighted by Gasteiger charge is 2.16. The fourth-order valence-electron chi connectivity index (χ4n) is 2.83. The van der Waals surface area contributed by atoms with Crippen molar-refractivity contribution in [1.82, 2.24) is 14.8 Å². The van der Waals surface area contributed by atoms with E-state index in [1.807, 2.05) is 55.5 Å². The summed E-state index contributed by atoms with van der Waals surface area (Å²) in [7, 11) is 0. The van der Waals surface area contributed by atoms with Crippen molar-refractivity contribution in [2.75, 3.05) is 0 Å². The highest BCUT2D eigenvalue weighted by Crippen LogP contribution is 2.28. The predicted octanol–water partition coefficient (Wildman–Crippen LogP) is 3.83. The standard InChI is InChI=1S/C17H12ClN3O/c1-10-15-16(11-6-2-4-8-13(11)19-17(15)22)21(20-10)14-9-5-3-7-12(14)18/h2-9H,1H3,(H,19,22). The van der Waals surface area contributed by atoms with Crippen LogP contribution in [0.4, 0.5) is 0 Å². The van der Waals surface area contributed by atoms with Crippen LogP contribution in [0.25, 0.3) is 27.5 Å². The number of H-pyrrole nitrogens is 1. The van der Waals surface area contributed by atoms with Crippen molar-refractivity contribution in [1.29, 1.82) is 0 Å². The first-order valence-corrected chi connectivity index (χ1v) is 7.30. The smallest absolute Gasteiger partial charge is 0.259 e. The quantitative estimate of drug-likeness (QED) is 0.581. The van der Waals surface area contributed by atoms with Crippen molar-refractivity contribution in [3.05, 3.63) is 69.6 Å². The van der Waals surface area contributed by atoms with E-state index in [0.717, 1.165) is 22.1 Å². The molecule has 2 aromatic carbocycles. The van der Waals surface area contributed by atoms with Gasteiger partial charge in [-0.1, -0.05) is 41.9 Å². The number of aromatic nitrogens is 3. The SMILES string of the molecule is Cc1nn(-c2ccccc2Cl)c2c1c(=O)[nH]c1ccccc12. The molecule has 0 radical (unpaired) electrons. The van der Waals surface area contributed by atoms with E-state index >= 15 is 0 Å². The first-order valence-electron chi connectivity index (χ1n) is 6.92. The molecule has 0 saturated carbocycles. The number of benzene rings is 2.